The Kier molecular flexibility index (Phi) is 3.64. The molecule has 76 valence electrons. The Hall–Kier alpha value is -0.550. The van der Waals surface area contributed by atoms with E-state index in [9.17, 15) is 0 Å². The summed E-state index contributed by atoms with van der Waals surface area (Å²) >= 11 is 12.2. The predicted molar refractivity (Wildman–Crippen MR) is 70.5 cm³/mol. The molecule has 0 radical (unpaired) electrons. The fraction of sp³-hybridized carbons (Fsp3) is 0. The number of halogens is 2. The number of benzene rings is 2. The standard InChI is InChI=1S/C12H9Cl2P/c13-9-5-1-3-7-11(9)15-12-8-4-2-6-10(12)14/h1-8,15H. The molecule has 0 aliphatic carbocycles. The first-order chi connectivity index (χ1) is 7.27. The van der Waals surface area contributed by atoms with Gasteiger partial charge in [0.25, 0.3) is 0 Å². The molecule has 0 saturated carbocycles. The summed E-state index contributed by atoms with van der Waals surface area (Å²) in [5.74, 6) is 0. The summed E-state index contributed by atoms with van der Waals surface area (Å²) in [6.45, 7) is 0. The van der Waals surface area contributed by atoms with Crippen LogP contribution in [0.4, 0.5) is 0 Å². The first-order valence-corrected chi connectivity index (χ1v) is 6.29. The molecule has 0 unspecified atom stereocenters. The minimum absolute atomic E-state index is 0.511. The van der Waals surface area contributed by atoms with E-state index in [4.69, 9.17) is 23.2 Å². The molecule has 0 heterocycles. The van der Waals surface area contributed by atoms with Crippen LogP contribution >= 0.6 is 31.8 Å². The Balaban J connectivity index is 2.30. The van der Waals surface area contributed by atoms with Gasteiger partial charge in [-0.05, 0) is 22.7 Å². The van der Waals surface area contributed by atoms with Crippen molar-refractivity contribution in [3.8, 4) is 0 Å². The lowest BCUT2D eigenvalue weighted by Crippen LogP contribution is -2.05. The molecule has 2 aromatic rings. The highest BCUT2D eigenvalue weighted by atomic mass is 35.5. The lowest BCUT2D eigenvalue weighted by molar-refractivity contribution is 1.76. The molecule has 0 bridgehead atoms. The van der Waals surface area contributed by atoms with Crippen molar-refractivity contribution >= 4 is 42.4 Å². The summed E-state index contributed by atoms with van der Waals surface area (Å²) in [7, 11) is 0.511. The first kappa shape index (κ1) is 11.0. The monoisotopic (exact) mass is 254 g/mol. The minimum atomic E-state index is 0.511. The van der Waals surface area contributed by atoms with Crippen molar-refractivity contribution in [2.24, 2.45) is 0 Å². The summed E-state index contributed by atoms with van der Waals surface area (Å²) in [5, 5.41) is 3.87. The van der Waals surface area contributed by atoms with E-state index in [1.54, 1.807) is 0 Å². The maximum Gasteiger partial charge on any atom is 0.0483 e. The van der Waals surface area contributed by atoms with Crippen LogP contribution in [0.15, 0.2) is 48.5 Å². The van der Waals surface area contributed by atoms with Crippen LogP contribution in [0, 0.1) is 0 Å². The molecule has 0 fully saturated rings. The molecule has 0 nitrogen and oxygen atoms in total. The summed E-state index contributed by atoms with van der Waals surface area (Å²) in [5.41, 5.74) is 0. The molecule has 0 aliphatic heterocycles. The van der Waals surface area contributed by atoms with Gasteiger partial charge < -0.3 is 0 Å². The Bertz CT molecular complexity index is 425. The Morgan fingerprint density at radius 2 is 1.07 bits per heavy atom. The first-order valence-electron chi connectivity index (χ1n) is 4.53. The van der Waals surface area contributed by atoms with Crippen LogP contribution in [0.3, 0.4) is 0 Å². The fourth-order valence-electron chi connectivity index (χ4n) is 1.27. The van der Waals surface area contributed by atoms with Gasteiger partial charge in [-0.1, -0.05) is 68.2 Å². The molecule has 0 aromatic heterocycles. The zero-order valence-corrected chi connectivity index (χ0v) is 10.4. The average molecular weight is 255 g/mol. The van der Waals surface area contributed by atoms with Crippen molar-refractivity contribution in [1.29, 1.82) is 0 Å². The normalized spacial score (nSPS) is 10.3. The van der Waals surface area contributed by atoms with Crippen LogP contribution in [-0.2, 0) is 0 Å². The van der Waals surface area contributed by atoms with Gasteiger partial charge in [-0.25, -0.2) is 0 Å². The second kappa shape index (κ2) is 4.99. The summed E-state index contributed by atoms with van der Waals surface area (Å²) in [6.07, 6.45) is 0. The van der Waals surface area contributed by atoms with Crippen LogP contribution in [0.1, 0.15) is 0 Å². The Morgan fingerprint density at radius 1 is 0.667 bits per heavy atom. The molecule has 2 rings (SSSR count). The molecule has 0 amide bonds. The zero-order chi connectivity index (χ0) is 10.7. The summed E-state index contributed by atoms with van der Waals surface area (Å²) in [4.78, 5) is 0. The van der Waals surface area contributed by atoms with E-state index in [0.29, 0.717) is 8.58 Å². The summed E-state index contributed by atoms with van der Waals surface area (Å²) in [6, 6.07) is 15.7. The largest absolute Gasteiger partial charge is 0.0836 e. The molecule has 0 saturated heterocycles. The number of rotatable bonds is 2. The van der Waals surface area contributed by atoms with Gasteiger partial charge in [0.2, 0.25) is 0 Å². The van der Waals surface area contributed by atoms with E-state index in [1.807, 2.05) is 48.5 Å². The highest BCUT2D eigenvalue weighted by molar-refractivity contribution is 7.56. The Labute approximate surface area is 101 Å². The molecule has 15 heavy (non-hydrogen) atoms. The molecule has 3 heteroatoms. The lowest BCUT2D eigenvalue weighted by Gasteiger charge is -2.05. The maximum atomic E-state index is 6.09. The molecular weight excluding hydrogens is 246 g/mol. The van der Waals surface area contributed by atoms with E-state index < -0.39 is 0 Å². The van der Waals surface area contributed by atoms with E-state index in [2.05, 4.69) is 0 Å². The van der Waals surface area contributed by atoms with Crippen molar-refractivity contribution in [3.63, 3.8) is 0 Å². The maximum absolute atomic E-state index is 6.09. The van der Waals surface area contributed by atoms with Crippen molar-refractivity contribution in [3.05, 3.63) is 58.6 Å². The van der Waals surface area contributed by atoms with Gasteiger partial charge >= 0.3 is 0 Å². The van der Waals surface area contributed by atoms with Crippen molar-refractivity contribution in [1.82, 2.24) is 0 Å². The van der Waals surface area contributed by atoms with Crippen molar-refractivity contribution in [2.75, 3.05) is 0 Å². The van der Waals surface area contributed by atoms with Gasteiger partial charge in [0, 0.05) is 10.0 Å². The van der Waals surface area contributed by atoms with Crippen LogP contribution < -0.4 is 10.6 Å². The van der Waals surface area contributed by atoms with E-state index in [1.165, 1.54) is 0 Å². The van der Waals surface area contributed by atoms with E-state index >= 15 is 0 Å². The fourth-order valence-corrected chi connectivity index (χ4v) is 2.88. The van der Waals surface area contributed by atoms with Gasteiger partial charge in [0.05, 0.1) is 0 Å². The van der Waals surface area contributed by atoms with E-state index in [0.717, 1.165) is 20.7 Å². The third-order valence-corrected chi connectivity index (χ3v) is 4.40. The van der Waals surface area contributed by atoms with Crippen LogP contribution in [0.5, 0.6) is 0 Å². The third-order valence-electron chi connectivity index (χ3n) is 2.02. The van der Waals surface area contributed by atoms with Gasteiger partial charge in [-0.3, -0.25) is 0 Å². The Morgan fingerprint density at radius 3 is 1.47 bits per heavy atom. The average Bonchev–Trinajstić information content (AvgIpc) is 2.24. The van der Waals surface area contributed by atoms with Crippen LogP contribution in [0.25, 0.3) is 0 Å². The number of hydrogen-bond acceptors (Lipinski definition) is 0. The topological polar surface area (TPSA) is 0 Å². The van der Waals surface area contributed by atoms with Gasteiger partial charge in [0.1, 0.15) is 0 Å². The van der Waals surface area contributed by atoms with Gasteiger partial charge in [-0.15, -0.1) is 0 Å². The lowest BCUT2D eigenvalue weighted by atomic mass is 10.4. The zero-order valence-electron chi connectivity index (χ0n) is 7.87. The molecule has 0 aliphatic rings. The smallest absolute Gasteiger partial charge is 0.0483 e. The molecule has 0 atom stereocenters. The van der Waals surface area contributed by atoms with Crippen LogP contribution in [0.2, 0.25) is 10.0 Å². The van der Waals surface area contributed by atoms with Crippen LogP contribution in [-0.4, -0.2) is 0 Å². The van der Waals surface area contributed by atoms with Crippen molar-refractivity contribution in [2.45, 2.75) is 0 Å². The van der Waals surface area contributed by atoms with E-state index in [-0.39, 0.29) is 0 Å². The quantitative estimate of drug-likeness (QED) is 0.719. The van der Waals surface area contributed by atoms with Gasteiger partial charge in [-0.2, -0.15) is 0 Å². The minimum Gasteiger partial charge on any atom is -0.0836 e. The second-order valence-corrected chi connectivity index (χ2v) is 5.23. The summed E-state index contributed by atoms with van der Waals surface area (Å²) < 4.78 is 0. The molecular formula is C12H9Cl2P. The van der Waals surface area contributed by atoms with Gasteiger partial charge in [0.15, 0.2) is 0 Å². The second-order valence-electron chi connectivity index (χ2n) is 3.08. The SMILES string of the molecule is Clc1ccccc1Pc1ccccc1Cl. The highest BCUT2D eigenvalue weighted by Crippen LogP contribution is 2.20. The number of hydrogen-bond donors (Lipinski definition) is 0. The third kappa shape index (κ3) is 2.72. The molecule has 0 spiro atoms. The highest BCUT2D eigenvalue weighted by Gasteiger charge is 2.03. The molecule has 0 N–H and O–H groups in total. The predicted octanol–water partition coefficient (Wildman–Crippen LogP) is 3.62. The van der Waals surface area contributed by atoms with Crippen molar-refractivity contribution < 1.29 is 0 Å². The molecule has 2 aromatic carbocycles.